The topological polar surface area (TPSA) is 30.0 Å². The van der Waals surface area contributed by atoms with Gasteiger partial charge in [-0.2, -0.15) is 0 Å². The summed E-state index contributed by atoms with van der Waals surface area (Å²) < 4.78 is 13.2. The van der Waals surface area contributed by atoms with E-state index in [2.05, 4.69) is 28.8 Å². The normalized spacial score (nSPS) is 17.8. The molecule has 1 aliphatic rings. The lowest BCUT2D eigenvalue weighted by molar-refractivity contribution is 0.120. The van der Waals surface area contributed by atoms with Crippen molar-refractivity contribution in [2.24, 2.45) is 0 Å². The molecule has 0 spiro atoms. The maximum Gasteiger partial charge on any atom is 0.127 e. The second kappa shape index (κ2) is 7.02. The number of hydrogen-bond donors (Lipinski definition) is 1. The van der Waals surface area contributed by atoms with Crippen LogP contribution in [0.5, 0.6) is 5.75 Å². The van der Waals surface area contributed by atoms with Crippen molar-refractivity contribution in [1.29, 1.82) is 0 Å². The zero-order chi connectivity index (χ0) is 14.5. The van der Waals surface area contributed by atoms with Crippen LogP contribution >= 0.6 is 0 Å². The quantitative estimate of drug-likeness (QED) is 0.879. The van der Waals surface area contributed by atoms with Gasteiger partial charge < -0.3 is 10.0 Å². The minimum atomic E-state index is -0.371. The Balaban J connectivity index is 1.79. The van der Waals surface area contributed by atoms with Crippen molar-refractivity contribution in [3.8, 4) is 5.75 Å². The highest BCUT2D eigenvalue weighted by Gasteiger charge is 2.17. The average Bonchev–Trinajstić information content (AvgIpc) is 2.36. The molecule has 1 aromatic rings. The molecule has 20 heavy (non-hydrogen) atoms. The maximum absolute atomic E-state index is 13.2. The summed E-state index contributed by atoms with van der Waals surface area (Å²) in [5.41, 5.74) is 0.837. The number of aromatic hydroxyl groups is 1. The molecule has 0 saturated carbocycles. The van der Waals surface area contributed by atoms with Crippen LogP contribution in [-0.2, 0) is 6.54 Å². The van der Waals surface area contributed by atoms with Crippen LogP contribution in [0.1, 0.15) is 5.56 Å². The predicted molar refractivity (Wildman–Crippen MR) is 78.3 cm³/mol. The molecule has 1 N–H and O–H groups in total. The zero-order valence-corrected chi connectivity index (χ0v) is 12.3. The molecule has 1 aliphatic heterocycles. The Bertz CT molecular complexity index is 411. The molecule has 0 unspecified atom stereocenters. The fraction of sp³-hybridized carbons (Fsp3) is 0.600. The summed E-state index contributed by atoms with van der Waals surface area (Å²) in [6.07, 6.45) is 0. The molecule has 0 aromatic heterocycles. The van der Waals surface area contributed by atoms with Gasteiger partial charge in [0.1, 0.15) is 11.6 Å². The standard InChI is InChI=1S/C15H24FN3O/c1-17(2)3-4-18-5-7-19(8-6-18)12-13-9-14(16)11-15(20)10-13/h9-11,20H,3-8,12H2,1-2H3. The second-order valence-electron chi connectivity index (χ2n) is 5.74. The molecule has 0 aliphatic carbocycles. The summed E-state index contributed by atoms with van der Waals surface area (Å²) >= 11 is 0. The van der Waals surface area contributed by atoms with E-state index in [9.17, 15) is 9.50 Å². The molecule has 2 rings (SSSR count). The number of hydrogen-bond acceptors (Lipinski definition) is 4. The minimum absolute atomic E-state index is 0.00428. The number of phenolic OH excluding ortho intramolecular Hbond substituents is 1. The molecule has 0 amide bonds. The Kier molecular flexibility index (Phi) is 5.34. The third kappa shape index (κ3) is 4.74. The average molecular weight is 281 g/mol. The van der Waals surface area contributed by atoms with Crippen LogP contribution in [0, 0.1) is 5.82 Å². The van der Waals surface area contributed by atoms with E-state index >= 15 is 0 Å². The second-order valence-corrected chi connectivity index (χ2v) is 5.74. The molecule has 0 bridgehead atoms. The van der Waals surface area contributed by atoms with Gasteiger partial charge in [0.15, 0.2) is 0 Å². The molecule has 1 fully saturated rings. The van der Waals surface area contributed by atoms with E-state index in [1.54, 1.807) is 6.07 Å². The van der Waals surface area contributed by atoms with E-state index in [1.165, 1.54) is 6.07 Å². The van der Waals surface area contributed by atoms with Crippen LogP contribution in [0.15, 0.2) is 18.2 Å². The summed E-state index contributed by atoms with van der Waals surface area (Å²) in [7, 11) is 4.18. The molecule has 0 radical (unpaired) electrons. The molecule has 5 heteroatoms. The first-order chi connectivity index (χ1) is 9.52. The highest BCUT2D eigenvalue weighted by atomic mass is 19.1. The van der Waals surface area contributed by atoms with Gasteiger partial charge in [0.05, 0.1) is 0 Å². The van der Waals surface area contributed by atoms with Crippen molar-refractivity contribution in [1.82, 2.24) is 14.7 Å². The van der Waals surface area contributed by atoms with E-state index in [0.29, 0.717) is 6.54 Å². The summed E-state index contributed by atoms with van der Waals surface area (Å²) in [4.78, 5) is 6.96. The number of piperazine rings is 1. The summed E-state index contributed by atoms with van der Waals surface area (Å²) in [5.74, 6) is -0.366. The van der Waals surface area contributed by atoms with Gasteiger partial charge in [-0.25, -0.2) is 4.39 Å². The molecule has 1 saturated heterocycles. The van der Waals surface area contributed by atoms with Crippen molar-refractivity contribution in [2.45, 2.75) is 6.54 Å². The zero-order valence-electron chi connectivity index (χ0n) is 12.3. The highest BCUT2D eigenvalue weighted by Crippen LogP contribution is 2.17. The van der Waals surface area contributed by atoms with Crippen molar-refractivity contribution >= 4 is 0 Å². The van der Waals surface area contributed by atoms with Crippen LogP contribution in [0.4, 0.5) is 4.39 Å². The fourth-order valence-corrected chi connectivity index (χ4v) is 2.50. The Hall–Kier alpha value is -1.17. The molecule has 1 heterocycles. The van der Waals surface area contributed by atoms with Crippen molar-refractivity contribution in [3.63, 3.8) is 0 Å². The number of nitrogens with zero attached hydrogens (tertiary/aromatic N) is 3. The summed E-state index contributed by atoms with van der Waals surface area (Å²) in [6, 6.07) is 4.28. The van der Waals surface area contributed by atoms with Crippen molar-refractivity contribution in [3.05, 3.63) is 29.6 Å². The summed E-state index contributed by atoms with van der Waals surface area (Å²) in [5, 5.41) is 9.42. The number of phenols is 1. The maximum atomic E-state index is 13.2. The molecule has 112 valence electrons. The van der Waals surface area contributed by atoms with Gasteiger partial charge in [0.25, 0.3) is 0 Å². The van der Waals surface area contributed by atoms with Crippen LogP contribution in [0.2, 0.25) is 0 Å². The van der Waals surface area contributed by atoms with E-state index in [4.69, 9.17) is 0 Å². The van der Waals surface area contributed by atoms with Crippen molar-refractivity contribution in [2.75, 3.05) is 53.4 Å². The lowest BCUT2D eigenvalue weighted by Gasteiger charge is -2.35. The van der Waals surface area contributed by atoms with Gasteiger partial charge in [-0.15, -0.1) is 0 Å². The third-order valence-electron chi connectivity index (χ3n) is 3.68. The molecule has 0 atom stereocenters. The van der Waals surface area contributed by atoms with Gasteiger partial charge >= 0.3 is 0 Å². The largest absolute Gasteiger partial charge is 0.508 e. The Morgan fingerprint density at radius 3 is 2.35 bits per heavy atom. The monoisotopic (exact) mass is 281 g/mol. The lowest BCUT2D eigenvalue weighted by Crippen LogP contribution is -2.47. The number of rotatable bonds is 5. The van der Waals surface area contributed by atoms with Crippen LogP contribution in [-0.4, -0.2) is 73.2 Å². The molecular formula is C15H24FN3O. The third-order valence-corrected chi connectivity index (χ3v) is 3.68. The molecule has 4 nitrogen and oxygen atoms in total. The van der Waals surface area contributed by atoms with E-state index in [0.717, 1.165) is 50.9 Å². The van der Waals surface area contributed by atoms with Crippen molar-refractivity contribution < 1.29 is 9.50 Å². The molecule has 1 aromatic carbocycles. The smallest absolute Gasteiger partial charge is 0.127 e. The van der Waals surface area contributed by atoms with E-state index in [-0.39, 0.29) is 11.6 Å². The van der Waals surface area contributed by atoms with Gasteiger partial charge in [-0.05, 0) is 31.8 Å². The lowest BCUT2D eigenvalue weighted by atomic mass is 10.2. The van der Waals surface area contributed by atoms with Crippen LogP contribution in [0.3, 0.4) is 0 Å². The number of halogens is 1. The van der Waals surface area contributed by atoms with Gasteiger partial charge in [-0.3, -0.25) is 9.80 Å². The SMILES string of the molecule is CN(C)CCN1CCN(Cc2cc(O)cc(F)c2)CC1. The fourth-order valence-electron chi connectivity index (χ4n) is 2.50. The predicted octanol–water partition coefficient (Wildman–Crippen LogP) is 1.21. The van der Waals surface area contributed by atoms with E-state index in [1.807, 2.05) is 0 Å². The first-order valence-electron chi connectivity index (χ1n) is 7.11. The van der Waals surface area contributed by atoms with Crippen LogP contribution < -0.4 is 0 Å². The summed E-state index contributed by atoms with van der Waals surface area (Å²) in [6.45, 7) is 6.96. The Morgan fingerprint density at radius 2 is 1.75 bits per heavy atom. The minimum Gasteiger partial charge on any atom is -0.508 e. The van der Waals surface area contributed by atoms with Crippen LogP contribution in [0.25, 0.3) is 0 Å². The first kappa shape index (κ1) is 15.2. The van der Waals surface area contributed by atoms with E-state index < -0.39 is 0 Å². The highest BCUT2D eigenvalue weighted by molar-refractivity contribution is 5.28. The number of likely N-dealkylation sites (N-methyl/N-ethyl adjacent to an activating group) is 1. The van der Waals surface area contributed by atoms with Gasteiger partial charge in [0, 0.05) is 51.9 Å². The Labute approximate surface area is 120 Å². The van der Waals surface area contributed by atoms with Gasteiger partial charge in [0.2, 0.25) is 0 Å². The first-order valence-corrected chi connectivity index (χ1v) is 7.11. The number of benzene rings is 1. The molecular weight excluding hydrogens is 257 g/mol. The van der Waals surface area contributed by atoms with Gasteiger partial charge in [-0.1, -0.05) is 0 Å². The Morgan fingerprint density at radius 1 is 1.10 bits per heavy atom.